The van der Waals surface area contributed by atoms with E-state index in [0.717, 1.165) is 31.5 Å². The highest BCUT2D eigenvalue weighted by Crippen LogP contribution is 2.47. The summed E-state index contributed by atoms with van der Waals surface area (Å²) in [5, 5.41) is 23.5. The minimum absolute atomic E-state index is 0.0375. The smallest absolute Gasteiger partial charge is 0.247 e. The Labute approximate surface area is 206 Å². The van der Waals surface area contributed by atoms with Crippen LogP contribution in [0.2, 0.25) is 0 Å². The molecule has 1 fully saturated rings. The van der Waals surface area contributed by atoms with Crippen molar-refractivity contribution in [3.05, 3.63) is 41.5 Å². The summed E-state index contributed by atoms with van der Waals surface area (Å²) in [5.74, 6) is -0.159. The zero-order valence-corrected chi connectivity index (χ0v) is 20.4. The summed E-state index contributed by atoms with van der Waals surface area (Å²) in [4.78, 5) is 30.5. The maximum atomic E-state index is 13.3. The molecule has 2 amide bonds. The Hall–Kier alpha value is -2.46. The van der Waals surface area contributed by atoms with Crippen LogP contribution in [0.4, 0.5) is 0 Å². The summed E-state index contributed by atoms with van der Waals surface area (Å²) in [6.07, 6.45) is 2.12. The van der Waals surface area contributed by atoms with Gasteiger partial charge in [0, 0.05) is 50.3 Å². The lowest BCUT2D eigenvalue weighted by Gasteiger charge is -2.41. The predicted molar refractivity (Wildman–Crippen MR) is 130 cm³/mol. The molecule has 0 bridgehead atoms. The quantitative estimate of drug-likeness (QED) is 0.445. The van der Waals surface area contributed by atoms with E-state index in [1.165, 1.54) is 0 Å². The molecule has 9 heteroatoms. The number of unbranched alkanes of at least 4 members (excludes halogenated alkanes) is 1. The molecular weight excluding hydrogens is 450 g/mol. The normalized spacial score (nSPS) is 25.7. The molecule has 1 aliphatic carbocycles. The molecule has 3 N–H and O–H groups in total. The zero-order valence-electron chi connectivity index (χ0n) is 20.4. The van der Waals surface area contributed by atoms with Gasteiger partial charge >= 0.3 is 0 Å². The highest BCUT2D eigenvalue weighted by atomic mass is 16.5. The SMILES string of the molecule is CCCCC(=O)N(CCN1CCOCC1)[C@@H]1C=C(C(=O)NCCO)[C@@H]2c3ccccc3O[C@@H]2[C@H]1O. The number of rotatable bonds is 10. The van der Waals surface area contributed by atoms with Crippen molar-refractivity contribution < 1.29 is 29.3 Å². The van der Waals surface area contributed by atoms with Crippen molar-refractivity contribution in [1.82, 2.24) is 15.1 Å². The van der Waals surface area contributed by atoms with Gasteiger partial charge in [-0.3, -0.25) is 14.5 Å². The molecule has 35 heavy (non-hydrogen) atoms. The summed E-state index contributed by atoms with van der Waals surface area (Å²) >= 11 is 0. The molecule has 4 rings (SSSR count). The second-order valence-electron chi connectivity index (χ2n) is 9.33. The second kappa shape index (κ2) is 12.0. The summed E-state index contributed by atoms with van der Waals surface area (Å²) in [7, 11) is 0. The fourth-order valence-corrected chi connectivity index (χ4v) is 5.18. The van der Waals surface area contributed by atoms with Crippen LogP contribution < -0.4 is 10.1 Å². The Balaban J connectivity index is 1.65. The van der Waals surface area contributed by atoms with Crippen LogP contribution in [0.25, 0.3) is 0 Å². The van der Waals surface area contributed by atoms with E-state index in [1.807, 2.05) is 31.2 Å². The lowest BCUT2D eigenvalue weighted by Crippen LogP contribution is -2.57. The molecule has 0 spiro atoms. The van der Waals surface area contributed by atoms with E-state index in [2.05, 4.69) is 10.2 Å². The van der Waals surface area contributed by atoms with Crippen molar-refractivity contribution in [2.75, 3.05) is 52.5 Å². The molecule has 0 unspecified atom stereocenters. The number of carbonyl (C=O) groups excluding carboxylic acids is 2. The summed E-state index contributed by atoms with van der Waals surface area (Å²) in [6.45, 7) is 6.04. The van der Waals surface area contributed by atoms with Crippen molar-refractivity contribution in [1.29, 1.82) is 0 Å². The van der Waals surface area contributed by atoms with Gasteiger partial charge in [-0.1, -0.05) is 31.5 Å². The minimum Gasteiger partial charge on any atom is -0.486 e. The molecule has 4 atom stereocenters. The van der Waals surface area contributed by atoms with Crippen molar-refractivity contribution in [2.24, 2.45) is 0 Å². The molecule has 0 saturated carbocycles. The standard InChI is InChI=1S/C26H37N3O6/c1-2-3-8-22(31)29(11-10-28-12-15-34-16-13-28)20-17-19(26(33)27-9-14-30)23-18-6-4-5-7-21(18)35-25(23)24(20)32/h4-7,17,20,23-25,30,32H,2-3,8-16H2,1H3,(H,27,33)/t20-,23+,24+,25+/m1/s1. The van der Waals surface area contributed by atoms with Crippen LogP contribution in [0.1, 0.15) is 37.7 Å². The number of carbonyl (C=O) groups is 2. The first kappa shape index (κ1) is 25.6. The number of hydrogen-bond acceptors (Lipinski definition) is 7. The number of aliphatic hydroxyl groups is 2. The Morgan fingerprint density at radius 3 is 2.74 bits per heavy atom. The van der Waals surface area contributed by atoms with Gasteiger partial charge in [0.2, 0.25) is 11.8 Å². The number of ether oxygens (including phenoxy) is 2. The van der Waals surface area contributed by atoms with Gasteiger partial charge in [0.15, 0.2) is 0 Å². The van der Waals surface area contributed by atoms with Crippen LogP contribution in [-0.2, 0) is 14.3 Å². The van der Waals surface area contributed by atoms with Crippen LogP contribution in [0.3, 0.4) is 0 Å². The second-order valence-corrected chi connectivity index (χ2v) is 9.33. The molecule has 9 nitrogen and oxygen atoms in total. The van der Waals surface area contributed by atoms with Gasteiger partial charge in [0.1, 0.15) is 18.0 Å². The molecule has 1 aromatic rings. The van der Waals surface area contributed by atoms with Crippen molar-refractivity contribution in [3.8, 4) is 5.75 Å². The maximum absolute atomic E-state index is 13.3. The number of benzene rings is 1. The van der Waals surface area contributed by atoms with Crippen LogP contribution >= 0.6 is 0 Å². The monoisotopic (exact) mass is 487 g/mol. The van der Waals surface area contributed by atoms with E-state index < -0.39 is 24.2 Å². The van der Waals surface area contributed by atoms with E-state index in [9.17, 15) is 19.8 Å². The third-order valence-electron chi connectivity index (χ3n) is 7.06. The molecule has 2 aliphatic heterocycles. The molecule has 0 radical (unpaired) electrons. The average molecular weight is 488 g/mol. The number of para-hydroxylation sites is 1. The fraction of sp³-hybridized carbons (Fsp3) is 0.615. The first-order valence-electron chi connectivity index (χ1n) is 12.7. The molecule has 2 heterocycles. The maximum Gasteiger partial charge on any atom is 0.247 e. The average Bonchev–Trinajstić information content (AvgIpc) is 3.28. The van der Waals surface area contributed by atoms with Gasteiger partial charge in [-0.15, -0.1) is 0 Å². The highest BCUT2D eigenvalue weighted by molar-refractivity contribution is 5.96. The van der Waals surface area contributed by atoms with Crippen molar-refractivity contribution in [2.45, 2.75) is 50.4 Å². The molecule has 1 saturated heterocycles. The number of morpholine rings is 1. The number of nitrogens with zero attached hydrogens (tertiary/aromatic N) is 2. The summed E-state index contributed by atoms with van der Waals surface area (Å²) in [5.41, 5.74) is 1.31. The van der Waals surface area contributed by atoms with Crippen molar-refractivity contribution in [3.63, 3.8) is 0 Å². The lowest BCUT2D eigenvalue weighted by atomic mass is 9.77. The molecule has 0 aromatic heterocycles. The van der Waals surface area contributed by atoms with E-state index in [0.29, 0.717) is 44.0 Å². The van der Waals surface area contributed by atoms with E-state index in [4.69, 9.17) is 9.47 Å². The Morgan fingerprint density at radius 1 is 1.23 bits per heavy atom. The van der Waals surface area contributed by atoms with Crippen LogP contribution in [0, 0.1) is 0 Å². The molecule has 1 aromatic carbocycles. The van der Waals surface area contributed by atoms with Crippen LogP contribution in [-0.4, -0.2) is 103 Å². The molecule has 192 valence electrons. The summed E-state index contributed by atoms with van der Waals surface area (Å²) in [6, 6.07) is 6.79. The van der Waals surface area contributed by atoms with Gasteiger partial charge in [-0.25, -0.2) is 0 Å². The number of aliphatic hydroxyl groups excluding tert-OH is 2. The third kappa shape index (κ3) is 5.69. The van der Waals surface area contributed by atoms with Gasteiger partial charge in [-0.05, 0) is 18.6 Å². The first-order valence-corrected chi connectivity index (χ1v) is 12.7. The minimum atomic E-state index is -0.989. The summed E-state index contributed by atoms with van der Waals surface area (Å²) < 4.78 is 11.6. The Bertz CT molecular complexity index is 916. The van der Waals surface area contributed by atoms with Crippen molar-refractivity contribution >= 4 is 11.8 Å². The first-order chi connectivity index (χ1) is 17.0. The van der Waals surface area contributed by atoms with E-state index in [1.54, 1.807) is 11.0 Å². The number of fused-ring (bicyclic) bond motifs is 3. The topological polar surface area (TPSA) is 112 Å². The van der Waals surface area contributed by atoms with Gasteiger partial charge in [0.05, 0.1) is 31.8 Å². The van der Waals surface area contributed by atoms with Gasteiger partial charge < -0.3 is 29.9 Å². The molecule has 3 aliphatic rings. The lowest BCUT2D eigenvalue weighted by molar-refractivity contribution is -0.137. The molecular formula is C26H37N3O6. The number of nitrogens with one attached hydrogen (secondary N) is 1. The van der Waals surface area contributed by atoms with E-state index in [-0.39, 0.29) is 25.0 Å². The Kier molecular flexibility index (Phi) is 8.78. The predicted octanol–water partition coefficient (Wildman–Crippen LogP) is 0.660. The van der Waals surface area contributed by atoms with Crippen LogP contribution in [0.15, 0.2) is 35.9 Å². The van der Waals surface area contributed by atoms with Gasteiger partial charge in [-0.2, -0.15) is 0 Å². The highest BCUT2D eigenvalue weighted by Gasteiger charge is 2.50. The third-order valence-corrected chi connectivity index (χ3v) is 7.06. The largest absolute Gasteiger partial charge is 0.486 e. The number of hydrogen-bond donors (Lipinski definition) is 3. The zero-order chi connectivity index (χ0) is 24.8. The van der Waals surface area contributed by atoms with Crippen LogP contribution in [0.5, 0.6) is 5.75 Å². The number of amides is 2. The van der Waals surface area contributed by atoms with E-state index >= 15 is 0 Å². The Morgan fingerprint density at radius 2 is 2.00 bits per heavy atom. The van der Waals surface area contributed by atoms with Gasteiger partial charge in [0.25, 0.3) is 0 Å². The fourth-order valence-electron chi connectivity index (χ4n) is 5.18.